The van der Waals surface area contributed by atoms with Crippen LogP contribution in [0.2, 0.25) is 0 Å². The molecule has 2 N–H and O–H groups in total. The second-order valence-electron chi connectivity index (χ2n) is 4.46. The van der Waals surface area contributed by atoms with Gasteiger partial charge in [0.25, 0.3) is 0 Å². The summed E-state index contributed by atoms with van der Waals surface area (Å²) in [7, 11) is 1.52. The number of carboxylic acids is 1. The number of rotatable bonds is 3. The third-order valence-corrected chi connectivity index (χ3v) is 4.04. The largest absolute Gasteiger partial charge is 0.495 e. The fraction of sp³-hybridized carbons (Fsp3) is 0.385. The number of carboxylic acid groups (broad SMARTS) is 1. The first-order chi connectivity index (χ1) is 9.52. The highest BCUT2D eigenvalue weighted by molar-refractivity contribution is 7.99. The SMILES string of the molecule is COc1ccc(C)cc1NC(=O)N1CSC[C@H]1C(=O)O. The lowest BCUT2D eigenvalue weighted by Crippen LogP contribution is -2.44. The maximum absolute atomic E-state index is 12.2. The molecule has 0 bridgehead atoms. The van der Waals surface area contributed by atoms with E-state index in [1.165, 1.54) is 23.8 Å². The molecule has 6 nitrogen and oxygen atoms in total. The van der Waals surface area contributed by atoms with Gasteiger partial charge in [-0.2, -0.15) is 0 Å². The zero-order chi connectivity index (χ0) is 14.7. The molecular formula is C13H16N2O4S. The first-order valence-corrected chi connectivity index (χ1v) is 7.21. The summed E-state index contributed by atoms with van der Waals surface area (Å²) in [4.78, 5) is 24.6. The minimum absolute atomic E-state index is 0.372. The van der Waals surface area contributed by atoms with Crippen LogP contribution in [0, 0.1) is 6.92 Å². The second kappa shape index (κ2) is 6.04. The first kappa shape index (κ1) is 14.5. The molecule has 2 amide bonds. The van der Waals surface area contributed by atoms with Crippen molar-refractivity contribution in [2.24, 2.45) is 0 Å². The summed E-state index contributed by atoms with van der Waals surface area (Å²) >= 11 is 1.42. The molecule has 7 heteroatoms. The van der Waals surface area contributed by atoms with Crippen LogP contribution in [-0.2, 0) is 4.79 Å². The zero-order valence-electron chi connectivity index (χ0n) is 11.3. The third-order valence-electron chi connectivity index (χ3n) is 3.02. The number of carbonyl (C=O) groups is 2. The lowest BCUT2D eigenvalue weighted by Gasteiger charge is -2.21. The van der Waals surface area contributed by atoms with Crippen molar-refractivity contribution in [1.29, 1.82) is 0 Å². The van der Waals surface area contributed by atoms with Crippen LogP contribution in [-0.4, -0.2) is 46.8 Å². The van der Waals surface area contributed by atoms with Crippen LogP contribution < -0.4 is 10.1 Å². The Balaban J connectivity index is 2.15. The fourth-order valence-electron chi connectivity index (χ4n) is 1.95. The van der Waals surface area contributed by atoms with Crippen molar-refractivity contribution < 1.29 is 19.4 Å². The topological polar surface area (TPSA) is 78.9 Å². The molecule has 2 rings (SSSR count). The van der Waals surface area contributed by atoms with E-state index in [-0.39, 0.29) is 0 Å². The number of urea groups is 1. The number of methoxy groups -OCH3 is 1. The predicted octanol–water partition coefficient (Wildman–Crippen LogP) is 2.00. The molecule has 1 aliphatic rings. The predicted molar refractivity (Wildman–Crippen MR) is 77.3 cm³/mol. The number of amides is 2. The standard InChI is InChI=1S/C13H16N2O4S/c1-8-3-4-11(19-2)9(5-8)14-13(18)15-7-20-6-10(15)12(16)17/h3-5,10H,6-7H2,1-2H3,(H,14,18)(H,16,17)/t10-/m0/s1. The van der Waals surface area contributed by atoms with Crippen molar-refractivity contribution in [3.8, 4) is 5.75 Å². The van der Waals surface area contributed by atoms with Crippen molar-refractivity contribution in [3.05, 3.63) is 23.8 Å². The van der Waals surface area contributed by atoms with E-state index in [0.717, 1.165) is 5.56 Å². The molecule has 0 aromatic heterocycles. The molecule has 20 heavy (non-hydrogen) atoms. The Morgan fingerprint density at radius 3 is 2.90 bits per heavy atom. The molecule has 1 aromatic rings. The van der Waals surface area contributed by atoms with Crippen molar-refractivity contribution in [1.82, 2.24) is 4.90 Å². The molecule has 108 valence electrons. The molecule has 1 aromatic carbocycles. The zero-order valence-corrected chi connectivity index (χ0v) is 12.1. The summed E-state index contributed by atoms with van der Waals surface area (Å²) in [5, 5.41) is 11.8. The van der Waals surface area contributed by atoms with E-state index in [1.54, 1.807) is 12.1 Å². The molecule has 0 radical (unpaired) electrons. The van der Waals surface area contributed by atoms with Gasteiger partial charge in [0, 0.05) is 5.75 Å². The van der Waals surface area contributed by atoms with Gasteiger partial charge in [-0.1, -0.05) is 6.07 Å². The van der Waals surface area contributed by atoms with Crippen molar-refractivity contribution in [2.45, 2.75) is 13.0 Å². The van der Waals surface area contributed by atoms with Gasteiger partial charge in [-0.25, -0.2) is 9.59 Å². The minimum atomic E-state index is -0.985. The molecular weight excluding hydrogens is 280 g/mol. The number of ether oxygens (including phenoxy) is 1. The van der Waals surface area contributed by atoms with Crippen molar-refractivity contribution in [2.75, 3.05) is 24.1 Å². The van der Waals surface area contributed by atoms with Crippen LogP contribution in [0.4, 0.5) is 10.5 Å². The molecule has 0 spiro atoms. The Labute approximate surface area is 121 Å². The van der Waals surface area contributed by atoms with Gasteiger partial charge in [0.1, 0.15) is 11.8 Å². The van der Waals surface area contributed by atoms with E-state index in [4.69, 9.17) is 9.84 Å². The fourth-order valence-corrected chi connectivity index (χ4v) is 3.10. The molecule has 1 fully saturated rings. The summed E-state index contributed by atoms with van der Waals surface area (Å²) < 4.78 is 5.18. The molecule has 0 saturated carbocycles. The van der Waals surface area contributed by atoms with Gasteiger partial charge >= 0.3 is 12.0 Å². The van der Waals surface area contributed by atoms with E-state index in [0.29, 0.717) is 23.1 Å². The van der Waals surface area contributed by atoms with E-state index >= 15 is 0 Å². The van der Waals surface area contributed by atoms with Gasteiger partial charge in [0.2, 0.25) is 0 Å². The maximum atomic E-state index is 12.2. The first-order valence-electron chi connectivity index (χ1n) is 6.05. The number of benzene rings is 1. The van der Waals surface area contributed by atoms with E-state index in [1.807, 2.05) is 13.0 Å². The second-order valence-corrected chi connectivity index (χ2v) is 5.46. The number of hydrogen-bond donors (Lipinski definition) is 2. The number of thioether (sulfide) groups is 1. The molecule has 1 atom stereocenters. The molecule has 1 aliphatic heterocycles. The van der Waals surface area contributed by atoms with Crippen LogP contribution in [0.1, 0.15) is 5.56 Å². The summed E-state index contributed by atoms with van der Waals surface area (Å²) in [5.41, 5.74) is 1.52. The summed E-state index contributed by atoms with van der Waals surface area (Å²) in [5.74, 6) is 0.342. The van der Waals surface area contributed by atoms with Gasteiger partial charge in [-0.15, -0.1) is 11.8 Å². The average molecular weight is 296 g/mol. The normalized spacial score (nSPS) is 17.9. The smallest absolute Gasteiger partial charge is 0.327 e. The van der Waals surface area contributed by atoms with E-state index in [2.05, 4.69) is 5.32 Å². The molecule has 0 aliphatic carbocycles. The van der Waals surface area contributed by atoms with Gasteiger partial charge < -0.3 is 20.1 Å². The number of aryl methyl sites for hydroxylation is 1. The van der Waals surface area contributed by atoms with Gasteiger partial charge in [0.15, 0.2) is 0 Å². The Bertz CT molecular complexity index is 535. The maximum Gasteiger partial charge on any atom is 0.327 e. The molecule has 0 unspecified atom stereocenters. The monoisotopic (exact) mass is 296 g/mol. The van der Waals surface area contributed by atoms with Crippen molar-refractivity contribution >= 4 is 29.4 Å². The highest BCUT2D eigenvalue weighted by atomic mass is 32.2. The minimum Gasteiger partial charge on any atom is -0.495 e. The molecule has 1 heterocycles. The van der Waals surface area contributed by atoms with Crippen LogP contribution in [0.3, 0.4) is 0 Å². The lowest BCUT2D eigenvalue weighted by atomic mass is 10.2. The Hall–Kier alpha value is -1.89. The van der Waals surface area contributed by atoms with Gasteiger partial charge in [-0.3, -0.25) is 0 Å². The van der Waals surface area contributed by atoms with Gasteiger partial charge in [0.05, 0.1) is 18.7 Å². The van der Waals surface area contributed by atoms with Crippen LogP contribution in [0.25, 0.3) is 0 Å². The number of carbonyl (C=O) groups excluding carboxylic acids is 1. The number of aliphatic carboxylic acids is 1. The summed E-state index contributed by atoms with van der Waals surface area (Å²) in [6, 6.07) is 4.22. The summed E-state index contributed by atoms with van der Waals surface area (Å²) in [6.07, 6.45) is 0. The number of anilines is 1. The molecule has 1 saturated heterocycles. The van der Waals surface area contributed by atoms with Crippen LogP contribution in [0.5, 0.6) is 5.75 Å². The van der Waals surface area contributed by atoms with E-state index < -0.39 is 18.0 Å². The lowest BCUT2D eigenvalue weighted by molar-refractivity contribution is -0.140. The summed E-state index contributed by atoms with van der Waals surface area (Å²) in [6.45, 7) is 1.90. The Morgan fingerprint density at radius 1 is 1.50 bits per heavy atom. The number of hydrogen-bond acceptors (Lipinski definition) is 4. The van der Waals surface area contributed by atoms with Gasteiger partial charge in [-0.05, 0) is 24.6 Å². The Kier molecular flexibility index (Phi) is 4.39. The Morgan fingerprint density at radius 2 is 2.25 bits per heavy atom. The average Bonchev–Trinajstić information content (AvgIpc) is 2.88. The van der Waals surface area contributed by atoms with Crippen molar-refractivity contribution in [3.63, 3.8) is 0 Å². The van der Waals surface area contributed by atoms with E-state index in [9.17, 15) is 9.59 Å². The number of nitrogens with zero attached hydrogens (tertiary/aromatic N) is 1. The van der Waals surface area contributed by atoms with Crippen LogP contribution in [0.15, 0.2) is 18.2 Å². The highest BCUT2D eigenvalue weighted by Crippen LogP contribution is 2.27. The number of nitrogens with one attached hydrogen (secondary N) is 1. The third kappa shape index (κ3) is 2.98. The quantitative estimate of drug-likeness (QED) is 0.892. The highest BCUT2D eigenvalue weighted by Gasteiger charge is 2.34. The van der Waals surface area contributed by atoms with Crippen LogP contribution >= 0.6 is 11.8 Å².